The van der Waals surface area contributed by atoms with Crippen LogP contribution in [0.25, 0.3) is 0 Å². The summed E-state index contributed by atoms with van der Waals surface area (Å²) < 4.78 is 0. The topological polar surface area (TPSA) is 58.4 Å². The van der Waals surface area contributed by atoms with Gasteiger partial charge in [0.2, 0.25) is 5.91 Å². The lowest BCUT2D eigenvalue weighted by atomic mass is 9.93. The van der Waals surface area contributed by atoms with E-state index < -0.39 is 0 Å². The Bertz CT molecular complexity index is 277. The lowest BCUT2D eigenvalue weighted by Gasteiger charge is -2.31. The van der Waals surface area contributed by atoms with Crippen LogP contribution in [0.4, 0.5) is 0 Å². The fraction of sp³-hybridized carbons (Fsp3) is 0.933. The Morgan fingerprint density at radius 3 is 2.37 bits per heavy atom. The second-order valence-electron chi connectivity index (χ2n) is 6.12. The van der Waals surface area contributed by atoms with Crippen LogP contribution >= 0.6 is 0 Å². The van der Waals surface area contributed by atoms with Crippen LogP contribution in [0.3, 0.4) is 0 Å². The van der Waals surface area contributed by atoms with Gasteiger partial charge in [-0.25, -0.2) is 0 Å². The summed E-state index contributed by atoms with van der Waals surface area (Å²) in [5.41, 5.74) is 5.87. The van der Waals surface area contributed by atoms with Crippen molar-refractivity contribution < 1.29 is 4.79 Å². The molecule has 4 heteroatoms. The predicted molar refractivity (Wildman–Crippen MR) is 79.9 cm³/mol. The minimum atomic E-state index is 0.138. The molecule has 1 aliphatic rings. The molecule has 0 spiro atoms. The molecule has 19 heavy (non-hydrogen) atoms. The number of hydrogen-bond acceptors (Lipinski definition) is 3. The normalized spacial score (nSPS) is 25.0. The lowest BCUT2D eigenvalue weighted by Crippen LogP contribution is -2.45. The summed E-state index contributed by atoms with van der Waals surface area (Å²) in [5, 5.41) is 3.14. The van der Waals surface area contributed by atoms with Crippen LogP contribution in [-0.2, 0) is 4.79 Å². The van der Waals surface area contributed by atoms with Crippen molar-refractivity contribution in [3.8, 4) is 0 Å². The molecule has 0 aromatic heterocycles. The van der Waals surface area contributed by atoms with Crippen LogP contribution in [0, 0.1) is 11.8 Å². The highest BCUT2D eigenvalue weighted by molar-refractivity contribution is 5.79. The molecule has 4 nitrogen and oxygen atoms in total. The molecule has 1 rings (SSSR count). The summed E-state index contributed by atoms with van der Waals surface area (Å²) in [5.74, 6) is 0.978. The molecule has 0 heterocycles. The van der Waals surface area contributed by atoms with Crippen molar-refractivity contribution in [2.24, 2.45) is 17.6 Å². The van der Waals surface area contributed by atoms with Gasteiger partial charge in [0.1, 0.15) is 0 Å². The molecular formula is C15H31N3O. The van der Waals surface area contributed by atoms with E-state index in [4.69, 9.17) is 5.73 Å². The molecule has 0 aromatic carbocycles. The standard InChI is InChI=1S/C15H31N3O/c1-5-11(6-2)14(18(3)4)10-17-15(19)12-7-8-13(16)9-12/h11-14H,5-10,16H2,1-4H3,(H,17,19). The van der Waals surface area contributed by atoms with Gasteiger partial charge in [0.25, 0.3) is 0 Å². The van der Waals surface area contributed by atoms with Crippen LogP contribution in [0.5, 0.6) is 0 Å². The molecular weight excluding hydrogens is 238 g/mol. The first-order valence-corrected chi connectivity index (χ1v) is 7.69. The Morgan fingerprint density at radius 1 is 1.32 bits per heavy atom. The van der Waals surface area contributed by atoms with Gasteiger partial charge in [-0.05, 0) is 39.3 Å². The van der Waals surface area contributed by atoms with Crippen molar-refractivity contribution in [2.45, 2.75) is 58.0 Å². The molecule has 1 amide bonds. The summed E-state index contributed by atoms with van der Waals surface area (Å²) in [7, 11) is 4.20. The second kappa shape index (κ2) is 7.85. The van der Waals surface area contributed by atoms with E-state index in [-0.39, 0.29) is 17.9 Å². The van der Waals surface area contributed by atoms with Crippen molar-refractivity contribution in [3.05, 3.63) is 0 Å². The number of rotatable bonds is 7. The van der Waals surface area contributed by atoms with Crippen LogP contribution < -0.4 is 11.1 Å². The van der Waals surface area contributed by atoms with Gasteiger partial charge in [-0.2, -0.15) is 0 Å². The first kappa shape index (κ1) is 16.4. The highest BCUT2D eigenvalue weighted by Crippen LogP contribution is 2.24. The third-order valence-electron chi connectivity index (χ3n) is 4.59. The molecule has 0 radical (unpaired) electrons. The van der Waals surface area contributed by atoms with Crippen molar-refractivity contribution >= 4 is 5.91 Å². The molecule has 1 saturated carbocycles. The first-order valence-electron chi connectivity index (χ1n) is 7.69. The number of carbonyl (C=O) groups is 1. The Hall–Kier alpha value is -0.610. The number of amides is 1. The van der Waals surface area contributed by atoms with E-state index in [0.717, 1.165) is 38.6 Å². The van der Waals surface area contributed by atoms with E-state index in [9.17, 15) is 4.79 Å². The Morgan fingerprint density at radius 2 is 1.95 bits per heavy atom. The number of likely N-dealkylation sites (N-methyl/N-ethyl adjacent to an activating group) is 1. The zero-order valence-corrected chi connectivity index (χ0v) is 13.0. The first-order chi connectivity index (χ1) is 8.99. The highest BCUT2D eigenvalue weighted by Gasteiger charge is 2.29. The number of nitrogens with two attached hydrogens (primary N) is 1. The molecule has 1 fully saturated rings. The smallest absolute Gasteiger partial charge is 0.223 e. The van der Waals surface area contributed by atoms with E-state index in [1.807, 2.05) is 0 Å². The zero-order valence-electron chi connectivity index (χ0n) is 13.0. The monoisotopic (exact) mass is 269 g/mol. The molecule has 0 bridgehead atoms. The summed E-state index contributed by atoms with van der Waals surface area (Å²) >= 11 is 0. The van der Waals surface area contributed by atoms with Crippen LogP contribution in [0.2, 0.25) is 0 Å². The fourth-order valence-corrected chi connectivity index (χ4v) is 3.21. The van der Waals surface area contributed by atoms with Gasteiger partial charge in [-0.3, -0.25) is 4.79 Å². The molecule has 1 aliphatic carbocycles. The van der Waals surface area contributed by atoms with Crippen LogP contribution in [0.15, 0.2) is 0 Å². The van der Waals surface area contributed by atoms with Gasteiger partial charge in [0, 0.05) is 24.5 Å². The SMILES string of the molecule is CCC(CC)C(CNC(=O)C1CCC(N)C1)N(C)C. The van der Waals surface area contributed by atoms with Gasteiger partial charge in [-0.1, -0.05) is 26.7 Å². The average molecular weight is 269 g/mol. The van der Waals surface area contributed by atoms with E-state index >= 15 is 0 Å². The van der Waals surface area contributed by atoms with Crippen LogP contribution in [0.1, 0.15) is 46.0 Å². The maximum Gasteiger partial charge on any atom is 0.223 e. The van der Waals surface area contributed by atoms with Gasteiger partial charge < -0.3 is 16.0 Å². The van der Waals surface area contributed by atoms with E-state index in [0.29, 0.717) is 12.0 Å². The van der Waals surface area contributed by atoms with Crippen molar-refractivity contribution in [3.63, 3.8) is 0 Å². The molecule has 0 aromatic rings. The third kappa shape index (κ3) is 4.77. The quantitative estimate of drug-likeness (QED) is 0.738. The minimum Gasteiger partial charge on any atom is -0.354 e. The summed E-state index contributed by atoms with van der Waals surface area (Å²) in [6.07, 6.45) is 5.10. The van der Waals surface area contributed by atoms with Crippen molar-refractivity contribution in [1.29, 1.82) is 0 Å². The van der Waals surface area contributed by atoms with Crippen molar-refractivity contribution in [2.75, 3.05) is 20.6 Å². The second-order valence-corrected chi connectivity index (χ2v) is 6.12. The Balaban J connectivity index is 2.45. The van der Waals surface area contributed by atoms with Crippen molar-refractivity contribution in [1.82, 2.24) is 10.2 Å². The number of hydrogen-bond donors (Lipinski definition) is 2. The third-order valence-corrected chi connectivity index (χ3v) is 4.59. The summed E-state index contributed by atoms with van der Waals surface area (Å²) in [6, 6.07) is 0.647. The number of nitrogens with zero attached hydrogens (tertiary/aromatic N) is 1. The van der Waals surface area contributed by atoms with E-state index in [2.05, 4.69) is 38.2 Å². The molecule has 112 valence electrons. The maximum atomic E-state index is 12.1. The lowest BCUT2D eigenvalue weighted by molar-refractivity contribution is -0.125. The molecule has 0 aliphatic heterocycles. The number of nitrogens with one attached hydrogen (secondary N) is 1. The highest BCUT2D eigenvalue weighted by atomic mass is 16.1. The predicted octanol–water partition coefficient (Wildman–Crippen LogP) is 1.60. The summed E-state index contributed by atoms with van der Waals surface area (Å²) in [4.78, 5) is 14.4. The summed E-state index contributed by atoms with van der Waals surface area (Å²) in [6.45, 7) is 5.20. The van der Waals surface area contributed by atoms with Gasteiger partial charge in [0.15, 0.2) is 0 Å². The van der Waals surface area contributed by atoms with Crippen LogP contribution in [-0.4, -0.2) is 43.5 Å². The molecule has 3 N–H and O–H groups in total. The molecule has 3 unspecified atom stereocenters. The van der Waals surface area contributed by atoms with E-state index in [1.54, 1.807) is 0 Å². The van der Waals surface area contributed by atoms with Gasteiger partial charge in [0.05, 0.1) is 0 Å². The number of carbonyl (C=O) groups excluding carboxylic acids is 1. The fourth-order valence-electron chi connectivity index (χ4n) is 3.21. The van der Waals surface area contributed by atoms with Gasteiger partial charge >= 0.3 is 0 Å². The molecule has 0 saturated heterocycles. The van der Waals surface area contributed by atoms with E-state index in [1.165, 1.54) is 0 Å². The van der Waals surface area contributed by atoms with Gasteiger partial charge in [-0.15, -0.1) is 0 Å². The largest absolute Gasteiger partial charge is 0.354 e. The zero-order chi connectivity index (χ0) is 14.4. The maximum absolute atomic E-state index is 12.1. The Labute approximate surface area is 118 Å². The Kier molecular flexibility index (Phi) is 6.80. The minimum absolute atomic E-state index is 0.138. The average Bonchev–Trinajstić information content (AvgIpc) is 2.80. The molecule has 3 atom stereocenters.